The molecule has 0 fully saturated rings. The molecule has 5 heteroatoms. The molecule has 0 radical (unpaired) electrons. The fourth-order valence-electron chi connectivity index (χ4n) is 2.20. The topological polar surface area (TPSA) is 69.7 Å². The summed E-state index contributed by atoms with van der Waals surface area (Å²) in [7, 11) is 1.42. The molecule has 1 aromatic rings. The lowest BCUT2D eigenvalue weighted by Crippen LogP contribution is -2.42. The van der Waals surface area contributed by atoms with Gasteiger partial charge in [0.25, 0.3) is 0 Å². The van der Waals surface area contributed by atoms with E-state index in [0.717, 1.165) is 0 Å². The predicted octanol–water partition coefficient (Wildman–Crippen LogP) is 2.82. The van der Waals surface area contributed by atoms with Crippen molar-refractivity contribution in [1.82, 2.24) is 0 Å². The van der Waals surface area contributed by atoms with Gasteiger partial charge in [-0.2, -0.15) is 0 Å². The Morgan fingerprint density at radius 2 is 1.74 bits per heavy atom. The van der Waals surface area contributed by atoms with Crippen LogP contribution in [-0.2, 0) is 19.1 Å². The van der Waals surface area contributed by atoms with Crippen LogP contribution in [0.2, 0.25) is 0 Å². The summed E-state index contributed by atoms with van der Waals surface area (Å²) >= 11 is 0. The van der Waals surface area contributed by atoms with Gasteiger partial charge in [-0.3, -0.25) is 14.4 Å². The van der Waals surface area contributed by atoms with Gasteiger partial charge in [0.15, 0.2) is 11.6 Å². The fourth-order valence-corrected chi connectivity index (χ4v) is 2.20. The molecule has 23 heavy (non-hydrogen) atoms. The maximum atomic E-state index is 12.7. The van der Waals surface area contributed by atoms with E-state index in [4.69, 9.17) is 9.47 Å². The molecule has 0 bridgehead atoms. The predicted molar refractivity (Wildman–Crippen MR) is 86.2 cm³/mol. The third kappa shape index (κ3) is 5.28. The van der Waals surface area contributed by atoms with Crippen LogP contribution in [0.1, 0.15) is 44.0 Å². The van der Waals surface area contributed by atoms with E-state index >= 15 is 0 Å². The first kappa shape index (κ1) is 19.0. The van der Waals surface area contributed by atoms with E-state index in [0.29, 0.717) is 5.56 Å². The molecule has 5 nitrogen and oxygen atoms in total. The van der Waals surface area contributed by atoms with Crippen molar-refractivity contribution in [2.24, 2.45) is 5.92 Å². The third-order valence-corrected chi connectivity index (χ3v) is 3.74. The van der Waals surface area contributed by atoms with Gasteiger partial charge < -0.3 is 9.47 Å². The second kappa shape index (κ2) is 8.58. The molecule has 0 amide bonds. The highest BCUT2D eigenvalue weighted by Crippen LogP contribution is 2.23. The first-order valence-corrected chi connectivity index (χ1v) is 7.67. The van der Waals surface area contributed by atoms with Crippen molar-refractivity contribution >= 4 is 17.5 Å². The second-order valence-corrected chi connectivity index (χ2v) is 5.71. The smallest absolute Gasteiger partial charge is 0.305 e. The van der Waals surface area contributed by atoms with Gasteiger partial charge in [0, 0.05) is 19.1 Å². The lowest BCUT2D eigenvalue weighted by molar-refractivity contribution is -0.144. The van der Waals surface area contributed by atoms with Gasteiger partial charge in [-0.05, 0) is 27.2 Å². The van der Waals surface area contributed by atoms with Crippen LogP contribution in [0, 0.1) is 5.92 Å². The normalized spacial score (nSPS) is 12.5. The number of ketones is 2. The Kier molecular flexibility index (Phi) is 7.10. The minimum absolute atomic E-state index is 0.0165. The van der Waals surface area contributed by atoms with Gasteiger partial charge in [0.05, 0.1) is 12.5 Å². The van der Waals surface area contributed by atoms with E-state index in [2.05, 4.69) is 0 Å². The average Bonchev–Trinajstić information content (AvgIpc) is 2.55. The Morgan fingerprint density at radius 3 is 2.26 bits per heavy atom. The quantitative estimate of drug-likeness (QED) is 0.397. The molecule has 1 aromatic carbocycles. The summed E-state index contributed by atoms with van der Waals surface area (Å²) in [6.45, 7) is 5.22. The highest BCUT2D eigenvalue weighted by Gasteiger charge is 2.38. The molecule has 0 aliphatic heterocycles. The number of carbonyl (C=O) groups excluding carboxylic acids is 3. The second-order valence-electron chi connectivity index (χ2n) is 5.71. The molecule has 0 saturated heterocycles. The van der Waals surface area contributed by atoms with Crippen molar-refractivity contribution in [1.29, 1.82) is 0 Å². The monoisotopic (exact) mass is 320 g/mol. The lowest BCUT2D eigenvalue weighted by Gasteiger charge is -2.26. The number of rotatable bonds is 9. The highest BCUT2D eigenvalue weighted by atomic mass is 16.5. The Morgan fingerprint density at radius 1 is 1.13 bits per heavy atom. The first-order chi connectivity index (χ1) is 10.8. The van der Waals surface area contributed by atoms with E-state index in [1.54, 1.807) is 51.1 Å². The van der Waals surface area contributed by atoms with Crippen LogP contribution in [0.3, 0.4) is 0 Å². The SMILES string of the molecule is CCOC(=O)CC[C@H](C(=O)c1ccccc1)C(=O)C(C)(C)OC. The molecule has 0 spiro atoms. The Hall–Kier alpha value is -2.01. The molecule has 1 atom stereocenters. The van der Waals surface area contributed by atoms with Crippen LogP contribution >= 0.6 is 0 Å². The zero-order chi connectivity index (χ0) is 17.5. The average molecular weight is 320 g/mol. The molecule has 0 aromatic heterocycles. The molecular formula is C18H24O5. The number of methoxy groups -OCH3 is 1. The van der Waals surface area contributed by atoms with Crippen LogP contribution in [0.25, 0.3) is 0 Å². The summed E-state index contributed by atoms with van der Waals surface area (Å²) in [5.41, 5.74) is -0.648. The number of Topliss-reactive ketones (excluding diaryl/α,β-unsaturated/α-hetero) is 2. The van der Waals surface area contributed by atoms with Gasteiger partial charge >= 0.3 is 5.97 Å². The van der Waals surface area contributed by atoms with Gasteiger partial charge in [-0.15, -0.1) is 0 Å². The number of esters is 1. The highest BCUT2D eigenvalue weighted by molar-refractivity contribution is 6.12. The van der Waals surface area contributed by atoms with E-state index in [-0.39, 0.29) is 31.0 Å². The van der Waals surface area contributed by atoms with Crippen molar-refractivity contribution in [2.45, 2.75) is 39.2 Å². The van der Waals surface area contributed by atoms with Gasteiger partial charge in [-0.25, -0.2) is 0 Å². The van der Waals surface area contributed by atoms with Crippen LogP contribution in [-0.4, -0.2) is 36.9 Å². The molecule has 1 rings (SSSR count). The summed E-state index contributed by atoms with van der Waals surface area (Å²) in [6, 6.07) is 8.59. The van der Waals surface area contributed by atoms with Crippen LogP contribution in [0.15, 0.2) is 30.3 Å². The minimum Gasteiger partial charge on any atom is -0.466 e. The maximum absolute atomic E-state index is 12.7. The number of carbonyl (C=O) groups is 3. The van der Waals surface area contributed by atoms with Crippen LogP contribution < -0.4 is 0 Å². The molecule has 0 aliphatic rings. The molecule has 0 saturated carbocycles. The fraction of sp³-hybridized carbons (Fsp3) is 0.500. The Bertz CT molecular complexity index is 548. The van der Waals surface area contributed by atoms with Gasteiger partial charge in [-0.1, -0.05) is 30.3 Å². The van der Waals surface area contributed by atoms with Crippen molar-refractivity contribution in [2.75, 3.05) is 13.7 Å². The van der Waals surface area contributed by atoms with Gasteiger partial charge in [0.2, 0.25) is 0 Å². The number of hydrogen-bond donors (Lipinski definition) is 0. The van der Waals surface area contributed by atoms with Crippen LogP contribution in [0.4, 0.5) is 0 Å². The third-order valence-electron chi connectivity index (χ3n) is 3.74. The number of ether oxygens (including phenoxy) is 2. The summed E-state index contributed by atoms with van der Waals surface area (Å²) in [6.07, 6.45) is 0.126. The molecule has 0 unspecified atom stereocenters. The molecular weight excluding hydrogens is 296 g/mol. The summed E-state index contributed by atoms with van der Waals surface area (Å²) in [4.78, 5) is 36.9. The summed E-state index contributed by atoms with van der Waals surface area (Å²) < 4.78 is 10.1. The zero-order valence-electron chi connectivity index (χ0n) is 14.1. The van der Waals surface area contributed by atoms with E-state index in [1.165, 1.54) is 7.11 Å². The Balaban J connectivity index is 2.99. The van der Waals surface area contributed by atoms with Crippen molar-refractivity contribution in [3.05, 3.63) is 35.9 Å². The Labute approximate surface area is 137 Å². The molecule has 0 heterocycles. The minimum atomic E-state index is -1.09. The maximum Gasteiger partial charge on any atom is 0.305 e. The van der Waals surface area contributed by atoms with E-state index in [1.807, 2.05) is 0 Å². The van der Waals surface area contributed by atoms with E-state index in [9.17, 15) is 14.4 Å². The van der Waals surface area contributed by atoms with Gasteiger partial charge in [0.1, 0.15) is 5.60 Å². The summed E-state index contributed by atoms with van der Waals surface area (Å²) in [5, 5.41) is 0. The number of benzene rings is 1. The molecule has 0 N–H and O–H groups in total. The summed E-state index contributed by atoms with van der Waals surface area (Å²) in [5.74, 6) is -1.98. The van der Waals surface area contributed by atoms with Crippen molar-refractivity contribution < 1.29 is 23.9 Å². The lowest BCUT2D eigenvalue weighted by atomic mass is 9.83. The van der Waals surface area contributed by atoms with Crippen molar-refractivity contribution in [3.63, 3.8) is 0 Å². The van der Waals surface area contributed by atoms with Crippen LogP contribution in [0.5, 0.6) is 0 Å². The van der Waals surface area contributed by atoms with Crippen molar-refractivity contribution in [3.8, 4) is 0 Å². The van der Waals surface area contributed by atoms with E-state index < -0.39 is 17.5 Å². The molecule has 126 valence electrons. The standard InChI is InChI=1S/C18H24O5/c1-5-23-15(19)12-11-14(17(21)18(2,3)22-4)16(20)13-9-7-6-8-10-13/h6-10,14H,5,11-12H2,1-4H3/t14-/m1/s1. The largest absolute Gasteiger partial charge is 0.466 e. The zero-order valence-corrected chi connectivity index (χ0v) is 14.1. The number of hydrogen-bond acceptors (Lipinski definition) is 5. The first-order valence-electron chi connectivity index (χ1n) is 7.67. The molecule has 0 aliphatic carbocycles.